The second kappa shape index (κ2) is 5.29. The Morgan fingerprint density at radius 3 is 2.71 bits per heavy atom. The summed E-state index contributed by atoms with van der Waals surface area (Å²) >= 11 is 0. The van der Waals surface area contributed by atoms with Gasteiger partial charge in [0.05, 0.1) is 18.6 Å². The van der Waals surface area contributed by atoms with E-state index in [9.17, 15) is 4.79 Å². The van der Waals surface area contributed by atoms with Crippen molar-refractivity contribution in [2.45, 2.75) is 44.7 Å². The molecule has 0 radical (unpaired) electrons. The first-order valence-corrected chi connectivity index (χ1v) is 4.84. The Kier molecular flexibility index (Phi) is 4.31. The van der Waals surface area contributed by atoms with Crippen molar-refractivity contribution in [3.63, 3.8) is 0 Å². The molecule has 0 aromatic carbocycles. The molecule has 1 rings (SSSR count). The standard InChI is InChI=1S/C9H17NO4/c1-6-13-7(2-3-10)4-8(14-6)5-9(11)12/h6-8H,2-5,10H2,1H3,(H,11,12). The minimum absolute atomic E-state index is 0.0353. The first-order valence-electron chi connectivity index (χ1n) is 4.84. The number of aliphatic carboxylic acids is 1. The van der Waals surface area contributed by atoms with Crippen LogP contribution in [0, 0.1) is 0 Å². The van der Waals surface area contributed by atoms with Gasteiger partial charge in [-0.3, -0.25) is 4.79 Å². The predicted molar refractivity (Wildman–Crippen MR) is 49.7 cm³/mol. The van der Waals surface area contributed by atoms with Crippen LogP contribution in [-0.2, 0) is 14.3 Å². The summed E-state index contributed by atoms with van der Waals surface area (Å²) in [5.41, 5.74) is 5.41. The van der Waals surface area contributed by atoms with E-state index in [2.05, 4.69) is 0 Å². The minimum atomic E-state index is -0.837. The van der Waals surface area contributed by atoms with Gasteiger partial charge in [0.25, 0.3) is 0 Å². The summed E-state index contributed by atoms with van der Waals surface area (Å²) in [5, 5.41) is 8.62. The lowest BCUT2D eigenvalue weighted by atomic mass is 10.0. The Morgan fingerprint density at radius 1 is 1.50 bits per heavy atom. The number of rotatable bonds is 4. The third-order valence-corrected chi connectivity index (χ3v) is 2.18. The summed E-state index contributed by atoms with van der Waals surface area (Å²) in [6.07, 6.45) is 0.873. The number of hydrogen-bond donors (Lipinski definition) is 2. The van der Waals surface area contributed by atoms with E-state index in [1.54, 1.807) is 6.92 Å². The Morgan fingerprint density at radius 2 is 2.14 bits per heavy atom. The third kappa shape index (κ3) is 3.61. The molecule has 0 aliphatic carbocycles. The van der Waals surface area contributed by atoms with Crippen LogP contribution in [0.1, 0.15) is 26.2 Å². The van der Waals surface area contributed by atoms with Crippen molar-refractivity contribution in [1.82, 2.24) is 0 Å². The number of carboxylic acids is 1. The van der Waals surface area contributed by atoms with Gasteiger partial charge in [0.2, 0.25) is 0 Å². The lowest BCUT2D eigenvalue weighted by molar-refractivity contribution is -0.235. The van der Waals surface area contributed by atoms with Crippen molar-refractivity contribution in [1.29, 1.82) is 0 Å². The summed E-state index contributed by atoms with van der Waals surface area (Å²) < 4.78 is 10.8. The topological polar surface area (TPSA) is 81.8 Å². The van der Waals surface area contributed by atoms with Crippen LogP contribution in [-0.4, -0.2) is 36.1 Å². The molecule has 1 aliphatic heterocycles. The highest BCUT2D eigenvalue weighted by Gasteiger charge is 2.28. The lowest BCUT2D eigenvalue weighted by Gasteiger charge is -2.33. The molecule has 3 unspecified atom stereocenters. The van der Waals surface area contributed by atoms with Gasteiger partial charge >= 0.3 is 5.97 Å². The van der Waals surface area contributed by atoms with Crippen LogP contribution in [0.4, 0.5) is 0 Å². The van der Waals surface area contributed by atoms with Gasteiger partial charge in [-0.1, -0.05) is 0 Å². The van der Waals surface area contributed by atoms with Gasteiger partial charge in [-0.25, -0.2) is 0 Å². The number of nitrogens with two attached hydrogens (primary N) is 1. The maximum Gasteiger partial charge on any atom is 0.305 e. The fourth-order valence-electron chi connectivity index (χ4n) is 1.68. The molecule has 14 heavy (non-hydrogen) atoms. The second-order valence-corrected chi connectivity index (χ2v) is 3.49. The Hall–Kier alpha value is -0.650. The lowest BCUT2D eigenvalue weighted by Crippen LogP contribution is -2.38. The van der Waals surface area contributed by atoms with Crippen LogP contribution in [0.15, 0.2) is 0 Å². The Labute approximate surface area is 83.2 Å². The highest BCUT2D eigenvalue weighted by atomic mass is 16.7. The highest BCUT2D eigenvalue weighted by Crippen LogP contribution is 2.22. The van der Waals surface area contributed by atoms with E-state index in [0.717, 1.165) is 6.42 Å². The number of carboxylic acid groups (broad SMARTS) is 1. The fourth-order valence-corrected chi connectivity index (χ4v) is 1.68. The molecule has 1 heterocycles. The molecule has 0 saturated carbocycles. The van der Waals surface area contributed by atoms with Crippen molar-refractivity contribution in [3.05, 3.63) is 0 Å². The molecule has 1 fully saturated rings. The minimum Gasteiger partial charge on any atom is -0.481 e. The maximum absolute atomic E-state index is 10.5. The van der Waals surface area contributed by atoms with E-state index < -0.39 is 5.97 Å². The van der Waals surface area contributed by atoms with E-state index in [4.69, 9.17) is 20.3 Å². The molecule has 5 nitrogen and oxygen atoms in total. The highest BCUT2D eigenvalue weighted by molar-refractivity contribution is 5.67. The summed E-state index contributed by atoms with van der Waals surface area (Å²) in [6.45, 7) is 2.33. The molecule has 1 saturated heterocycles. The Bertz CT molecular complexity index is 197. The third-order valence-electron chi connectivity index (χ3n) is 2.18. The monoisotopic (exact) mass is 203 g/mol. The summed E-state index contributed by atoms with van der Waals surface area (Å²) in [4.78, 5) is 10.5. The molecular weight excluding hydrogens is 186 g/mol. The smallest absolute Gasteiger partial charge is 0.305 e. The summed E-state index contributed by atoms with van der Waals surface area (Å²) in [5.74, 6) is -0.837. The van der Waals surface area contributed by atoms with Crippen LogP contribution in [0.2, 0.25) is 0 Å². The molecule has 1 aliphatic rings. The van der Waals surface area contributed by atoms with Gasteiger partial charge < -0.3 is 20.3 Å². The molecular formula is C9H17NO4. The first kappa shape index (κ1) is 11.4. The largest absolute Gasteiger partial charge is 0.481 e. The average Bonchev–Trinajstić information content (AvgIpc) is 2.01. The maximum atomic E-state index is 10.5. The van der Waals surface area contributed by atoms with E-state index in [0.29, 0.717) is 13.0 Å². The fraction of sp³-hybridized carbons (Fsp3) is 0.889. The molecule has 0 spiro atoms. The summed E-state index contributed by atoms with van der Waals surface area (Å²) in [6, 6.07) is 0. The van der Waals surface area contributed by atoms with Crippen molar-refractivity contribution < 1.29 is 19.4 Å². The molecule has 3 N–H and O–H groups in total. The van der Waals surface area contributed by atoms with Crippen molar-refractivity contribution >= 4 is 5.97 Å². The van der Waals surface area contributed by atoms with Crippen LogP contribution < -0.4 is 5.73 Å². The van der Waals surface area contributed by atoms with Crippen molar-refractivity contribution in [2.75, 3.05) is 6.54 Å². The van der Waals surface area contributed by atoms with Gasteiger partial charge in [0.15, 0.2) is 6.29 Å². The molecule has 0 aromatic heterocycles. The average molecular weight is 203 g/mol. The van der Waals surface area contributed by atoms with Crippen LogP contribution in [0.3, 0.4) is 0 Å². The van der Waals surface area contributed by atoms with Crippen LogP contribution in [0.5, 0.6) is 0 Å². The second-order valence-electron chi connectivity index (χ2n) is 3.49. The van der Waals surface area contributed by atoms with Crippen molar-refractivity contribution in [2.24, 2.45) is 5.73 Å². The first-order chi connectivity index (χ1) is 6.61. The zero-order valence-electron chi connectivity index (χ0n) is 8.31. The van der Waals surface area contributed by atoms with E-state index in [1.165, 1.54) is 0 Å². The van der Waals surface area contributed by atoms with Gasteiger partial charge in [0, 0.05) is 6.42 Å². The van der Waals surface area contributed by atoms with Gasteiger partial charge in [0.1, 0.15) is 0 Å². The van der Waals surface area contributed by atoms with Crippen molar-refractivity contribution in [3.8, 4) is 0 Å². The zero-order chi connectivity index (χ0) is 10.6. The predicted octanol–water partition coefficient (Wildman–Crippen LogP) is 0.330. The molecule has 0 bridgehead atoms. The van der Waals surface area contributed by atoms with E-state index in [-0.39, 0.29) is 24.9 Å². The van der Waals surface area contributed by atoms with E-state index >= 15 is 0 Å². The van der Waals surface area contributed by atoms with Crippen LogP contribution >= 0.6 is 0 Å². The quantitative estimate of drug-likeness (QED) is 0.688. The van der Waals surface area contributed by atoms with Gasteiger partial charge in [-0.15, -0.1) is 0 Å². The zero-order valence-corrected chi connectivity index (χ0v) is 8.31. The summed E-state index contributed by atoms with van der Waals surface area (Å²) in [7, 11) is 0. The molecule has 0 amide bonds. The molecule has 82 valence electrons. The SMILES string of the molecule is CC1OC(CCN)CC(CC(=O)O)O1. The van der Waals surface area contributed by atoms with Gasteiger partial charge in [-0.05, 0) is 19.9 Å². The number of ether oxygens (including phenoxy) is 2. The Balaban J connectivity index is 2.41. The molecule has 3 atom stereocenters. The number of hydrogen-bond acceptors (Lipinski definition) is 4. The van der Waals surface area contributed by atoms with Gasteiger partial charge in [-0.2, -0.15) is 0 Å². The van der Waals surface area contributed by atoms with E-state index in [1.807, 2.05) is 0 Å². The van der Waals surface area contributed by atoms with Crippen LogP contribution in [0.25, 0.3) is 0 Å². The normalized spacial score (nSPS) is 32.9. The molecule has 5 heteroatoms. The number of carbonyl (C=O) groups is 1. The molecule has 0 aromatic rings.